The van der Waals surface area contributed by atoms with Crippen molar-refractivity contribution in [3.05, 3.63) is 75.7 Å². The first-order valence-electron chi connectivity index (χ1n) is 6.47. The van der Waals surface area contributed by atoms with E-state index in [0.29, 0.717) is 10.5 Å². The van der Waals surface area contributed by atoms with E-state index in [0.717, 1.165) is 9.37 Å². The molecule has 0 radical (unpaired) electrons. The molecule has 0 N–H and O–H groups in total. The molecule has 0 aliphatic carbocycles. The van der Waals surface area contributed by atoms with Gasteiger partial charge in [0.15, 0.2) is 0 Å². The highest BCUT2D eigenvalue weighted by Crippen LogP contribution is 2.30. The summed E-state index contributed by atoms with van der Waals surface area (Å²) in [6.45, 7) is 0. The highest BCUT2D eigenvalue weighted by atomic mass is 79.9. The third kappa shape index (κ3) is 4.76. The first-order valence-corrected chi connectivity index (χ1v) is 8.08. The zero-order chi connectivity index (χ0) is 15.2. The number of benzene rings is 2. The van der Waals surface area contributed by atoms with Crippen LogP contribution >= 0.6 is 27.7 Å². The Hall–Kier alpha value is -1.52. The smallest absolute Gasteiger partial charge is 0.201 e. The molecule has 0 fully saturated rings. The second-order valence-electron chi connectivity index (χ2n) is 4.71. The summed E-state index contributed by atoms with van der Waals surface area (Å²) in [5.41, 5.74) is 0.704. The highest BCUT2D eigenvalue weighted by molar-refractivity contribution is 9.10. The first kappa shape index (κ1) is 15.9. The molecule has 2 aromatic carbocycles. The number of carbonyl (C=O) groups excluding carboxylic acids is 1. The topological polar surface area (TPSA) is 20.3 Å². The van der Waals surface area contributed by atoms with Crippen molar-refractivity contribution < 1.29 is 4.79 Å². The van der Waals surface area contributed by atoms with Crippen LogP contribution in [-0.2, 0) is 0 Å². The van der Waals surface area contributed by atoms with E-state index in [1.165, 1.54) is 11.8 Å². The van der Waals surface area contributed by atoms with E-state index in [9.17, 15) is 4.79 Å². The third-order valence-electron chi connectivity index (χ3n) is 2.68. The normalized spacial score (nSPS) is 11.3. The molecule has 0 aromatic heterocycles. The molecular formula is C17H16BrNOS. The molecule has 0 spiro atoms. The van der Waals surface area contributed by atoms with E-state index in [1.54, 1.807) is 0 Å². The summed E-state index contributed by atoms with van der Waals surface area (Å²) < 4.78 is 1.03. The van der Waals surface area contributed by atoms with Crippen LogP contribution in [0.15, 0.2) is 75.1 Å². The zero-order valence-electron chi connectivity index (χ0n) is 11.9. The van der Waals surface area contributed by atoms with Gasteiger partial charge in [0, 0.05) is 35.2 Å². The van der Waals surface area contributed by atoms with Gasteiger partial charge in [-0.25, -0.2) is 0 Å². The molecule has 0 heterocycles. The molecule has 2 aromatic rings. The van der Waals surface area contributed by atoms with Crippen molar-refractivity contribution in [2.75, 3.05) is 14.1 Å². The molecule has 0 saturated heterocycles. The molecule has 0 saturated carbocycles. The lowest BCUT2D eigenvalue weighted by Crippen LogP contribution is -2.08. The van der Waals surface area contributed by atoms with Crippen molar-refractivity contribution in [1.82, 2.24) is 4.90 Å². The fourth-order valence-electron chi connectivity index (χ4n) is 1.73. The van der Waals surface area contributed by atoms with Crippen LogP contribution in [0.2, 0.25) is 0 Å². The molecule has 0 bridgehead atoms. The standard InChI is InChI=1S/C17H16BrNOS/c1-19(2)12-16(17(20)13-6-4-3-5-7-13)21-15-10-8-14(18)9-11-15/h3-12H,1-2H3/b16-12-. The van der Waals surface area contributed by atoms with Crippen LogP contribution in [0, 0.1) is 0 Å². The SMILES string of the molecule is CN(C)/C=C(\Sc1ccc(Br)cc1)C(=O)c1ccccc1. The minimum atomic E-state index is 0.0391. The van der Waals surface area contributed by atoms with Gasteiger partial charge in [-0.1, -0.05) is 58.0 Å². The van der Waals surface area contributed by atoms with Crippen LogP contribution in [0.5, 0.6) is 0 Å². The predicted molar refractivity (Wildman–Crippen MR) is 92.5 cm³/mol. The van der Waals surface area contributed by atoms with Gasteiger partial charge in [0.1, 0.15) is 0 Å². The minimum absolute atomic E-state index is 0.0391. The number of rotatable bonds is 5. The summed E-state index contributed by atoms with van der Waals surface area (Å²) >= 11 is 4.90. The van der Waals surface area contributed by atoms with Crippen molar-refractivity contribution in [2.45, 2.75) is 4.90 Å². The molecular weight excluding hydrogens is 346 g/mol. The molecule has 2 nitrogen and oxygen atoms in total. The second-order valence-corrected chi connectivity index (χ2v) is 6.74. The Bertz CT molecular complexity index is 636. The van der Waals surface area contributed by atoms with E-state index in [-0.39, 0.29) is 5.78 Å². The summed E-state index contributed by atoms with van der Waals surface area (Å²) in [4.78, 5) is 16.3. The second kappa shape index (κ2) is 7.48. The van der Waals surface area contributed by atoms with Crippen LogP contribution < -0.4 is 0 Å². The number of carbonyl (C=O) groups is 1. The molecule has 0 amide bonds. The maximum Gasteiger partial charge on any atom is 0.201 e. The van der Waals surface area contributed by atoms with Crippen molar-refractivity contribution in [3.8, 4) is 0 Å². The van der Waals surface area contributed by atoms with Crippen LogP contribution in [-0.4, -0.2) is 24.8 Å². The Morgan fingerprint density at radius 2 is 1.67 bits per heavy atom. The lowest BCUT2D eigenvalue weighted by molar-refractivity contribution is 0.104. The van der Waals surface area contributed by atoms with Gasteiger partial charge in [-0.05, 0) is 24.3 Å². The van der Waals surface area contributed by atoms with E-state index < -0.39 is 0 Å². The number of thioether (sulfide) groups is 1. The van der Waals surface area contributed by atoms with E-state index >= 15 is 0 Å². The Balaban J connectivity index is 2.27. The summed E-state index contributed by atoms with van der Waals surface area (Å²) in [6.07, 6.45) is 1.86. The van der Waals surface area contributed by atoms with Gasteiger partial charge in [-0.3, -0.25) is 4.79 Å². The predicted octanol–water partition coefficient (Wildman–Crippen LogP) is 4.83. The van der Waals surface area contributed by atoms with Crippen molar-refractivity contribution in [3.63, 3.8) is 0 Å². The summed E-state index contributed by atoms with van der Waals surface area (Å²) in [6, 6.07) is 17.3. The van der Waals surface area contributed by atoms with E-state index in [4.69, 9.17) is 0 Å². The zero-order valence-corrected chi connectivity index (χ0v) is 14.3. The van der Waals surface area contributed by atoms with Gasteiger partial charge in [0.05, 0.1) is 4.91 Å². The molecule has 21 heavy (non-hydrogen) atoms. The van der Waals surface area contributed by atoms with E-state index in [1.807, 2.05) is 79.8 Å². The van der Waals surface area contributed by atoms with Crippen LogP contribution in [0.25, 0.3) is 0 Å². The average molecular weight is 362 g/mol. The third-order valence-corrected chi connectivity index (χ3v) is 4.22. The van der Waals surface area contributed by atoms with Crippen LogP contribution in [0.4, 0.5) is 0 Å². The first-order chi connectivity index (χ1) is 10.1. The largest absolute Gasteiger partial charge is 0.382 e. The molecule has 0 aliphatic rings. The molecule has 0 atom stereocenters. The number of hydrogen-bond acceptors (Lipinski definition) is 3. The number of ketones is 1. The van der Waals surface area contributed by atoms with Gasteiger partial charge in [-0.15, -0.1) is 0 Å². The van der Waals surface area contributed by atoms with Crippen LogP contribution in [0.1, 0.15) is 10.4 Å². The summed E-state index contributed by atoms with van der Waals surface area (Å²) in [7, 11) is 3.83. The quantitative estimate of drug-likeness (QED) is 0.432. The van der Waals surface area contributed by atoms with Gasteiger partial charge >= 0.3 is 0 Å². The van der Waals surface area contributed by atoms with Gasteiger partial charge in [0.2, 0.25) is 5.78 Å². The Labute approximate surface area is 138 Å². The van der Waals surface area contributed by atoms with Crippen molar-refractivity contribution >= 4 is 33.5 Å². The lowest BCUT2D eigenvalue weighted by Gasteiger charge is -2.11. The number of halogens is 1. The van der Waals surface area contributed by atoms with Gasteiger partial charge in [0.25, 0.3) is 0 Å². The molecule has 0 aliphatic heterocycles. The molecule has 0 unspecified atom stereocenters. The Morgan fingerprint density at radius 3 is 2.24 bits per heavy atom. The highest BCUT2D eigenvalue weighted by Gasteiger charge is 2.14. The Morgan fingerprint density at radius 1 is 1.05 bits per heavy atom. The number of nitrogens with zero attached hydrogens (tertiary/aromatic N) is 1. The summed E-state index contributed by atoms with van der Waals surface area (Å²) in [5, 5.41) is 0. The number of allylic oxidation sites excluding steroid dienone is 1. The monoisotopic (exact) mass is 361 g/mol. The van der Waals surface area contributed by atoms with Gasteiger partial charge < -0.3 is 4.90 Å². The van der Waals surface area contributed by atoms with Crippen molar-refractivity contribution in [2.24, 2.45) is 0 Å². The fourth-order valence-corrected chi connectivity index (χ4v) is 2.99. The summed E-state index contributed by atoms with van der Waals surface area (Å²) in [5.74, 6) is 0.0391. The Kier molecular flexibility index (Phi) is 5.65. The van der Waals surface area contributed by atoms with Gasteiger partial charge in [-0.2, -0.15) is 0 Å². The van der Waals surface area contributed by atoms with Crippen LogP contribution in [0.3, 0.4) is 0 Å². The molecule has 108 valence electrons. The fraction of sp³-hybridized carbons (Fsp3) is 0.118. The average Bonchev–Trinajstić information content (AvgIpc) is 2.48. The molecule has 4 heteroatoms. The number of hydrogen-bond donors (Lipinski definition) is 0. The van der Waals surface area contributed by atoms with E-state index in [2.05, 4.69) is 15.9 Å². The minimum Gasteiger partial charge on any atom is -0.382 e. The maximum atomic E-state index is 12.6. The maximum absolute atomic E-state index is 12.6. The lowest BCUT2D eigenvalue weighted by atomic mass is 10.1. The molecule has 2 rings (SSSR count). The van der Waals surface area contributed by atoms with Crippen molar-refractivity contribution in [1.29, 1.82) is 0 Å². The number of Topliss-reactive ketones (excluding diaryl/α,β-unsaturated/α-hetero) is 1.